The molecule has 0 rings (SSSR count). The van der Waals surface area contributed by atoms with Crippen molar-refractivity contribution in [3.8, 4) is 0 Å². The van der Waals surface area contributed by atoms with Crippen LogP contribution in [-0.2, 0) is 9.59 Å². The standard InChI is InChI=1S/2C3H5O2.2H2O.Sn/c2*1-2-3(4)5;;;/h2*1-2H2,(H,4,5);2*1H2;. The summed E-state index contributed by atoms with van der Waals surface area (Å²) < 4.78 is 1.48. The van der Waals surface area contributed by atoms with Crippen molar-refractivity contribution in [1.82, 2.24) is 0 Å². The van der Waals surface area contributed by atoms with E-state index in [4.69, 9.17) is 10.2 Å². The van der Waals surface area contributed by atoms with Crippen LogP contribution in [0.4, 0.5) is 0 Å². The van der Waals surface area contributed by atoms with Crippen LogP contribution in [0.15, 0.2) is 0 Å². The average Bonchev–Trinajstić information content (AvgIpc) is 1.85. The van der Waals surface area contributed by atoms with Crippen molar-refractivity contribution < 1.29 is 30.8 Å². The van der Waals surface area contributed by atoms with Crippen LogP contribution in [0.25, 0.3) is 0 Å². The molecule has 0 unspecified atom stereocenters. The summed E-state index contributed by atoms with van der Waals surface area (Å²) >= 11 is -0.686. The minimum absolute atomic E-state index is 0. The van der Waals surface area contributed by atoms with Gasteiger partial charge in [0.2, 0.25) is 0 Å². The molecule has 13 heavy (non-hydrogen) atoms. The number of hydrogen-bond acceptors (Lipinski definition) is 2. The van der Waals surface area contributed by atoms with Gasteiger partial charge >= 0.3 is 74.6 Å². The van der Waals surface area contributed by atoms with Gasteiger partial charge in [0.1, 0.15) is 0 Å². The first-order valence-electron chi connectivity index (χ1n) is 3.27. The van der Waals surface area contributed by atoms with E-state index in [9.17, 15) is 9.59 Å². The van der Waals surface area contributed by atoms with Crippen molar-refractivity contribution in [2.75, 3.05) is 0 Å². The van der Waals surface area contributed by atoms with E-state index in [1.54, 1.807) is 0 Å². The van der Waals surface area contributed by atoms with Gasteiger partial charge < -0.3 is 11.0 Å². The topological polar surface area (TPSA) is 138 Å². The second-order valence-electron chi connectivity index (χ2n) is 2.04. The second-order valence-corrected chi connectivity index (χ2v) is 6.32. The Kier molecular flexibility index (Phi) is 16.5. The van der Waals surface area contributed by atoms with Gasteiger partial charge in [0.15, 0.2) is 0 Å². The van der Waals surface area contributed by atoms with E-state index in [-0.39, 0.29) is 23.8 Å². The quantitative estimate of drug-likeness (QED) is 0.471. The molecule has 7 heteroatoms. The zero-order valence-corrected chi connectivity index (χ0v) is 9.89. The third-order valence-electron chi connectivity index (χ3n) is 1.03. The summed E-state index contributed by atoms with van der Waals surface area (Å²) in [5.74, 6) is -1.55. The van der Waals surface area contributed by atoms with Crippen LogP contribution in [-0.4, -0.2) is 54.2 Å². The Morgan fingerprint density at radius 3 is 1.46 bits per heavy atom. The van der Waals surface area contributed by atoms with Crippen molar-refractivity contribution >= 4 is 33.1 Å². The molecule has 2 radical (unpaired) electrons. The molecule has 0 heterocycles. The molecule has 0 aliphatic rings. The van der Waals surface area contributed by atoms with E-state index in [1.165, 1.54) is 0 Å². The Labute approximate surface area is 85.8 Å². The first-order chi connectivity index (χ1) is 5.13. The van der Waals surface area contributed by atoms with Gasteiger partial charge in [-0.2, -0.15) is 0 Å². The van der Waals surface area contributed by atoms with E-state index in [2.05, 4.69) is 0 Å². The van der Waals surface area contributed by atoms with Gasteiger partial charge in [0, 0.05) is 0 Å². The molecule has 0 aromatic rings. The third kappa shape index (κ3) is 18.5. The van der Waals surface area contributed by atoms with Gasteiger partial charge in [0.05, 0.1) is 0 Å². The van der Waals surface area contributed by atoms with Gasteiger partial charge in [0.25, 0.3) is 0 Å². The first-order valence-corrected chi connectivity index (χ1v) is 7.31. The summed E-state index contributed by atoms with van der Waals surface area (Å²) in [6, 6.07) is 0. The minimum atomic E-state index is -0.777. The summed E-state index contributed by atoms with van der Waals surface area (Å²) in [6.07, 6.45) is 0.428. The molecule has 0 fully saturated rings. The van der Waals surface area contributed by atoms with Gasteiger partial charge in [-0.3, -0.25) is 0 Å². The van der Waals surface area contributed by atoms with Gasteiger partial charge in [-0.05, 0) is 0 Å². The van der Waals surface area contributed by atoms with E-state index >= 15 is 0 Å². The molecule has 0 saturated heterocycles. The summed E-state index contributed by atoms with van der Waals surface area (Å²) in [6.45, 7) is 0. The van der Waals surface area contributed by atoms with E-state index in [0.717, 1.165) is 8.87 Å². The molecule has 0 spiro atoms. The van der Waals surface area contributed by atoms with Crippen molar-refractivity contribution in [2.24, 2.45) is 0 Å². The Balaban J connectivity index is -0.000000500. The maximum absolute atomic E-state index is 10.0. The molecule has 0 aromatic heterocycles. The van der Waals surface area contributed by atoms with Crippen LogP contribution in [0.1, 0.15) is 12.8 Å². The SMILES string of the molecule is O.O.O=C(O)C[CH2][Sn][CH2]CC(=O)O. The summed E-state index contributed by atoms with van der Waals surface area (Å²) in [5, 5.41) is 16.5. The van der Waals surface area contributed by atoms with Gasteiger partial charge in [-0.15, -0.1) is 0 Å². The van der Waals surface area contributed by atoms with Crippen molar-refractivity contribution in [2.45, 2.75) is 21.7 Å². The van der Waals surface area contributed by atoms with E-state index in [0.29, 0.717) is 0 Å². The van der Waals surface area contributed by atoms with E-state index in [1.807, 2.05) is 0 Å². The third-order valence-corrected chi connectivity index (χ3v) is 4.48. The molecule has 0 bridgehead atoms. The van der Waals surface area contributed by atoms with Gasteiger partial charge in [-0.25, -0.2) is 0 Å². The zero-order chi connectivity index (χ0) is 8.69. The molecule has 0 aromatic carbocycles. The molecular weight excluding hydrogens is 287 g/mol. The van der Waals surface area contributed by atoms with Crippen molar-refractivity contribution in [3.63, 3.8) is 0 Å². The Morgan fingerprint density at radius 2 is 1.23 bits per heavy atom. The Hall–Kier alpha value is -0.341. The number of carboxylic acids is 2. The van der Waals surface area contributed by atoms with Crippen LogP contribution < -0.4 is 0 Å². The van der Waals surface area contributed by atoms with Crippen LogP contribution in [0.3, 0.4) is 0 Å². The average molecular weight is 301 g/mol. The maximum atomic E-state index is 10.0. The summed E-state index contributed by atoms with van der Waals surface area (Å²) in [4.78, 5) is 20.0. The number of rotatable bonds is 6. The fourth-order valence-corrected chi connectivity index (χ4v) is 3.46. The fraction of sp³-hybridized carbons (Fsp3) is 0.667. The molecule has 0 aliphatic carbocycles. The monoisotopic (exact) mass is 302 g/mol. The van der Waals surface area contributed by atoms with E-state index < -0.39 is 33.1 Å². The second kappa shape index (κ2) is 11.7. The number of carboxylic acid groups (broad SMARTS) is 2. The number of aliphatic carboxylic acids is 2. The van der Waals surface area contributed by atoms with Crippen LogP contribution >= 0.6 is 0 Å². The molecule has 0 atom stereocenters. The zero-order valence-electron chi connectivity index (χ0n) is 7.04. The fourth-order valence-electron chi connectivity index (χ4n) is 0.516. The molecule has 0 saturated carbocycles. The number of hydrogen-bond donors (Lipinski definition) is 2. The van der Waals surface area contributed by atoms with Crippen LogP contribution in [0.2, 0.25) is 8.87 Å². The molecule has 0 aliphatic heterocycles. The van der Waals surface area contributed by atoms with Crippen molar-refractivity contribution in [1.29, 1.82) is 0 Å². The first kappa shape index (κ1) is 18.4. The molecule has 78 valence electrons. The Morgan fingerprint density at radius 1 is 0.923 bits per heavy atom. The normalized spacial score (nSPS) is 8.00. The molecular formula is C6H14O6Sn. The van der Waals surface area contributed by atoms with Crippen LogP contribution in [0, 0.1) is 0 Å². The Bertz CT molecular complexity index is 132. The van der Waals surface area contributed by atoms with Crippen molar-refractivity contribution in [3.05, 3.63) is 0 Å². The summed E-state index contributed by atoms with van der Waals surface area (Å²) in [5.41, 5.74) is 0. The molecule has 6 N–H and O–H groups in total. The van der Waals surface area contributed by atoms with Crippen LogP contribution in [0.5, 0.6) is 0 Å². The molecule has 0 amide bonds. The molecule has 6 nitrogen and oxygen atoms in total. The number of carbonyl (C=O) groups is 2. The predicted molar refractivity (Wildman–Crippen MR) is 47.1 cm³/mol. The predicted octanol–water partition coefficient (Wildman–Crippen LogP) is -1.17. The summed E-state index contributed by atoms with van der Waals surface area (Å²) in [7, 11) is 0. The van der Waals surface area contributed by atoms with Gasteiger partial charge in [-0.1, -0.05) is 0 Å².